The lowest BCUT2D eigenvalue weighted by Crippen LogP contribution is -2.41. The second-order valence-corrected chi connectivity index (χ2v) is 8.15. The van der Waals surface area contributed by atoms with Crippen molar-refractivity contribution < 1.29 is 15.3 Å². The monoisotopic (exact) mass is 411 g/mol. The Bertz CT molecular complexity index is 1020. The number of aromatic amines is 1. The van der Waals surface area contributed by atoms with Crippen molar-refractivity contribution in [2.75, 3.05) is 19.6 Å². The molecular formula is C23H29N3O4. The van der Waals surface area contributed by atoms with Crippen molar-refractivity contribution in [2.24, 2.45) is 0 Å². The van der Waals surface area contributed by atoms with Gasteiger partial charge in [-0.25, -0.2) is 4.79 Å². The minimum atomic E-state index is -0.741. The Labute approximate surface area is 175 Å². The molecule has 1 fully saturated rings. The van der Waals surface area contributed by atoms with Gasteiger partial charge in [-0.15, -0.1) is 0 Å². The minimum absolute atomic E-state index is 0.0281. The van der Waals surface area contributed by atoms with E-state index in [1.807, 2.05) is 28.8 Å². The number of aliphatic hydroxyl groups is 3. The third-order valence-corrected chi connectivity index (χ3v) is 6.06. The van der Waals surface area contributed by atoms with Crippen LogP contribution in [0.5, 0.6) is 0 Å². The van der Waals surface area contributed by atoms with Crippen LogP contribution in [-0.2, 0) is 6.61 Å². The zero-order valence-corrected chi connectivity index (χ0v) is 16.9. The van der Waals surface area contributed by atoms with E-state index in [0.717, 1.165) is 48.1 Å². The van der Waals surface area contributed by atoms with Gasteiger partial charge in [-0.2, -0.15) is 0 Å². The molecule has 2 aromatic carbocycles. The van der Waals surface area contributed by atoms with Crippen LogP contribution in [0.4, 0.5) is 0 Å². The Hall–Kier alpha value is -2.45. The van der Waals surface area contributed by atoms with E-state index in [9.17, 15) is 15.0 Å². The first-order valence-corrected chi connectivity index (χ1v) is 10.5. The van der Waals surface area contributed by atoms with Crippen LogP contribution in [0.15, 0.2) is 53.3 Å². The Balaban J connectivity index is 1.31. The van der Waals surface area contributed by atoms with Crippen molar-refractivity contribution in [3.63, 3.8) is 0 Å². The number of aromatic nitrogens is 2. The van der Waals surface area contributed by atoms with Gasteiger partial charge in [0.15, 0.2) is 0 Å². The third kappa shape index (κ3) is 4.49. The van der Waals surface area contributed by atoms with Gasteiger partial charge in [-0.1, -0.05) is 36.4 Å². The fraction of sp³-hybridized carbons (Fsp3) is 0.435. The van der Waals surface area contributed by atoms with E-state index in [0.29, 0.717) is 6.54 Å². The van der Waals surface area contributed by atoms with Gasteiger partial charge in [-0.05, 0) is 36.1 Å². The number of β-amino-alcohol motifs (C(OH)–C–C–N with tert-alkyl or cyclic N) is 1. The third-order valence-electron chi connectivity index (χ3n) is 6.06. The van der Waals surface area contributed by atoms with Crippen molar-refractivity contribution >= 4 is 11.0 Å². The van der Waals surface area contributed by atoms with Crippen LogP contribution in [0.25, 0.3) is 11.0 Å². The van der Waals surface area contributed by atoms with Crippen LogP contribution in [0.3, 0.4) is 0 Å². The summed E-state index contributed by atoms with van der Waals surface area (Å²) in [6.07, 6.45) is 0.583. The van der Waals surface area contributed by atoms with Crippen LogP contribution < -0.4 is 5.69 Å². The first kappa shape index (κ1) is 20.8. The molecule has 0 aliphatic carbocycles. The molecule has 1 aromatic heterocycles. The van der Waals surface area contributed by atoms with Crippen molar-refractivity contribution in [3.8, 4) is 0 Å². The van der Waals surface area contributed by atoms with Crippen LogP contribution in [-0.4, -0.2) is 55.5 Å². The average Bonchev–Trinajstić information content (AvgIpc) is 3.10. The Morgan fingerprint density at radius 2 is 1.73 bits per heavy atom. The zero-order chi connectivity index (χ0) is 21.1. The summed E-state index contributed by atoms with van der Waals surface area (Å²) >= 11 is 0. The van der Waals surface area contributed by atoms with Gasteiger partial charge in [0.2, 0.25) is 0 Å². The highest BCUT2D eigenvalue weighted by Gasteiger charge is 2.25. The molecule has 4 rings (SSSR count). The molecule has 2 atom stereocenters. The predicted molar refractivity (Wildman–Crippen MR) is 115 cm³/mol. The Kier molecular flexibility index (Phi) is 6.34. The molecule has 2 heterocycles. The Morgan fingerprint density at radius 1 is 1.03 bits per heavy atom. The fourth-order valence-corrected chi connectivity index (χ4v) is 4.41. The second kappa shape index (κ2) is 9.14. The number of H-pyrrole nitrogens is 1. The summed E-state index contributed by atoms with van der Waals surface area (Å²) in [5, 5.41) is 30.0. The predicted octanol–water partition coefficient (Wildman–Crippen LogP) is 1.94. The fourth-order valence-electron chi connectivity index (χ4n) is 4.41. The molecule has 0 bridgehead atoms. The van der Waals surface area contributed by atoms with Crippen LogP contribution in [0.2, 0.25) is 0 Å². The number of piperidine rings is 1. The van der Waals surface area contributed by atoms with E-state index in [4.69, 9.17) is 5.11 Å². The molecule has 160 valence electrons. The SMILES string of the molecule is O=c1[nH]c2ccccc2n1C1CCN(CC(O)CC(O)c2ccc(CO)cc2)CC1. The van der Waals surface area contributed by atoms with Gasteiger partial charge < -0.3 is 25.2 Å². The average molecular weight is 412 g/mol. The molecule has 0 radical (unpaired) electrons. The summed E-state index contributed by atoms with van der Waals surface area (Å²) in [6, 6.07) is 15.0. The van der Waals surface area contributed by atoms with Gasteiger partial charge in [0.25, 0.3) is 0 Å². The van der Waals surface area contributed by atoms with Crippen molar-refractivity contribution in [2.45, 2.75) is 44.1 Å². The van der Waals surface area contributed by atoms with E-state index >= 15 is 0 Å². The van der Waals surface area contributed by atoms with Crippen LogP contribution in [0, 0.1) is 0 Å². The number of rotatable bonds is 7. The number of benzene rings is 2. The van der Waals surface area contributed by atoms with Gasteiger partial charge >= 0.3 is 5.69 Å². The van der Waals surface area contributed by atoms with E-state index in [1.165, 1.54) is 0 Å². The highest BCUT2D eigenvalue weighted by Crippen LogP contribution is 2.26. The van der Waals surface area contributed by atoms with Crippen molar-refractivity contribution in [3.05, 3.63) is 70.1 Å². The number of para-hydroxylation sites is 2. The number of nitrogens with one attached hydrogen (secondary N) is 1. The number of fused-ring (bicyclic) bond motifs is 1. The van der Waals surface area contributed by atoms with Crippen molar-refractivity contribution in [1.82, 2.24) is 14.5 Å². The minimum Gasteiger partial charge on any atom is -0.392 e. The maximum Gasteiger partial charge on any atom is 0.326 e. The lowest BCUT2D eigenvalue weighted by Gasteiger charge is -2.34. The molecule has 7 nitrogen and oxygen atoms in total. The number of nitrogens with zero attached hydrogens (tertiary/aromatic N) is 2. The van der Waals surface area contributed by atoms with E-state index in [2.05, 4.69) is 9.88 Å². The summed E-state index contributed by atoms with van der Waals surface area (Å²) in [6.45, 7) is 2.07. The van der Waals surface area contributed by atoms with Gasteiger partial charge in [-0.3, -0.25) is 4.57 Å². The molecule has 3 aromatic rings. The quantitative estimate of drug-likeness (QED) is 0.476. The van der Waals surface area contributed by atoms with Crippen LogP contribution >= 0.6 is 0 Å². The molecule has 0 saturated carbocycles. The highest BCUT2D eigenvalue weighted by molar-refractivity contribution is 5.75. The van der Waals surface area contributed by atoms with E-state index in [1.54, 1.807) is 24.3 Å². The number of hydrogen-bond donors (Lipinski definition) is 4. The number of hydrogen-bond acceptors (Lipinski definition) is 5. The summed E-state index contributed by atoms with van der Waals surface area (Å²) in [5.74, 6) is 0. The molecule has 0 spiro atoms. The molecule has 30 heavy (non-hydrogen) atoms. The van der Waals surface area contributed by atoms with Gasteiger partial charge in [0.05, 0.1) is 29.8 Å². The molecule has 7 heteroatoms. The number of imidazole rings is 1. The maximum absolute atomic E-state index is 12.4. The summed E-state index contributed by atoms with van der Waals surface area (Å²) < 4.78 is 1.86. The summed E-state index contributed by atoms with van der Waals surface area (Å²) in [7, 11) is 0. The lowest BCUT2D eigenvalue weighted by atomic mass is 10.0. The molecule has 1 aliphatic heterocycles. The standard InChI is InChI=1S/C23H29N3O4/c27-15-16-5-7-17(8-6-16)22(29)13-19(28)14-25-11-9-18(10-12-25)26-21-4-2-1-3-20(21)24-23(26)30/h1-8,18-19,22,27-29H,9-15H2,(H,24,30). The highest BCUT2D eigenvalue weighted by atomic mass is 16.3. The molecular weight excluding hydrogens is 382 g/mol. The topological polar surface area (TPSA) is 102 Å². The molecule has 1 aliphatic rings. The molecule has 2 unspecified atom stereocenters. The first-order chi connectivity index (χ1) is 14.5. The lowest BCUT2D eigenvalue weighted by molar-refractivity contribution is 0.0445. The summed E-state index contributed by atoms with van der Waals surface area (Å²) in [5.41, 5.74) is 3.27. The molecule has 4 N–H and O–H groups in total. The maximum atomic E-state index is 12.4. The second-order valence-electron chi connectivity index (χ2n) is 8.15. The van der Waals surface area contributed by atoms with Crippen LogP contribution in [0.1, 0.15) is 42.5 Å². The number of likely N-dealkylation sites (tertiary alicyclic amines) is 1. The zero-order valence-electron chi connectivity index (χ0n) is 16.9. The smallest absolute Gasteiger partial charge is 0.326 e. The van der Waals surface area contributed by atoms with Gasteiger partial charge in [0.1, 0.15) is 0 Å². The largest absolute Gasteiger partial charge is 0.392 e. The first-order valence-electron chi connectivity index (χ1n) is 10.5. The molecule has 0 amide bonds. The normalized spacial score (nSPS) is 18.0. The van der Waals surface area contributed by atoms with E-state index in [-0.39, 0.29) is 24.8 Å². The van der Waals surface area contributed by atoms with Crippen molar-refractivity contribution in [1.29, 1.82) is 0 Å². The number of aliphatic hydroxyl groups excluding tert-OH is 3. The molecule has 1 saturated heterocycles. The Morgan fingerprint density at radius 3 is 2.43 bits per heavy atom. The van der Waals surface area contributed by atoms with Gasteiger partial charge in [0, 0.05) is 32.1 Å². The van der Waals surface area contributed by atoms with E-state index < -0.39 is 12.2 Å². The summed E-state index contributed by atoms with van der Waals surface area (Å²) in [4.78, 5) is 17.5.